The molecular weight excluding hydrogens is 436 g/mol. The van der Waals surface area contributed by atoms with E-state index < -0.39 is 0 Å². The lowest BCUT2D eigenvalue weighted by Crippen LogP contribution is -2.10. The molecule has 0 atom stereocenters. The summed E-state index contributed by atoms with van der Waals surface area (Å²) in [5.41, 5.74) is 0.641. The van der Waals surface area contributed by atoms with Gasteiger partial charge in [0.25, 0.3) is 0 Å². The molecule has 180 valence electrons. The van der Waals surface area contributed by atoms with Gasteiger partial charge >= 0.3 is 11.9 Å². The van der Waals surface area contributed by atoms with Crippen LogP contribution in [0, 0.1) is 11.8 Å². The fourth-order valence-corrected chi connectivity index (χ4v) is 4.43. The van der Waals surface area contributed by atoms with Crippen molar-refractivity contribution in [2.75, 3.05) is 13.2 Å². The molecule has 0 aliphatic carbocycles. The third-order valence-electron chi connectivity index (χ3n) is 5.91. The van der Waals surface area contributed by atoms with Crippen LogP contribution >= 0.6 is 0 Å². The number of hydrogen-bond donors (Lipinski definition) is 0. The predicted octanol–water partition coefficient (Wildman–Crippen LogP) is 7.76. The first kappa shape index (κ1) is 24.5. The summed E-state index contributed by atoms with van der Waals surface area (Å²) in [5, 5.41) is 9.47. The summed E-state index contributed by atoms with van der Waals surface area (Å²) in [7, 11) is 0. The summed E-state index contributed by atoms with van der Waals surface area (Å²) in [6, 6.07) is 23.1. The molecule has 0 saturated carbocycles. The fraction of sp³-hybridized carbons (Fsp3) is 0.290. The van der Waals surface area contributed by atoms with E-state index in [0.29, 0.717) is 30.6 Å². The second-order valence-electron chi connectivity index (χ2n) is 9.79. The van der Waals surface area contributed by atoms with E-state index in [1.54, 1.807) is 0 Å². The highest BCUT2D eigenvalue weighted by molar-refractivity contribution is 6.34. The molecule has 5 rings (SSSR count). The molecule has 0 aromatic heterocycles. The molecule has 0 aliphatic heterocycles. The molecule has 4 nitrogen and oxygen atoms in total. The molecule has 35 heavy (non-hydrogen) atoms. The van der Waals surface area contributed by atoms with E-state index in [2.05, 4.69) is 53.3 Å². The minimum absolute atomic E-state index is 0.196. The van der Waals surface area contributed by atoms with Crippen LogP contribution in [0.25, 0.3) is 43.1 Å². The fourth-order valence-electron chi connectivity index (χ4n) is 4.43. The highest BCUT2D eigenvalue weighted by atomic mass is 16.5. The molecule has 0 amide bonds. The third-order valence-corrected chi connectivity index (χ3v) is 5.91. The lowest BCUT2D eigenvalue weighted by Gasteiger charge is -2.16. The van der Waals surface area contributed by atoms with Crippen LogP contribution in [0.15, 0.2) is 66.7 Å². The van der Waals surface area contributed by atoms with Gasteiger partial charge in [-0.1, -0.05) is 88.4 Å². The first-order chi connectivity index (χ1) is 16.8. The Morgan fingerprint density at radius 1 is 0.629 bits per heavy atom. The quantitative estimate of drug-likeness (QED) is 0.150. The van der Waals surface area contributed by atoms with E-state index in [1.165, 1.54) is 39.2 Å². The van der Waals surface area contributed by atoms with Crippen LogP contribution in [0.1, 0.15) is 45.0 Å². The van der Waals surface area contributed by atoms with Gasteiger partial charge in [0.15, 0.2) is 0 Å². The highest BCUT2D eigenvalue weighted by Gasteiger charge is 2.18. The van der Waals surface area contributed by atoms with Gasteiger partial charge in [-0.05, 0) is 61.0 Å². The average molecular weight is 469 g/mol. The zero-order valence-corrected chi connectivity index (χ0v) is 21.1. The van der Waals surface area contributed by atoms with Crippen molar-refractivity contribution in [3.8, 4) is 0 Å². The Bertz CT molecular complexity index is 1450. The maximum Gasteiger partial charge on any atom is 0.338 e. The summed E-state index contributed by atoms with van der Waals surface area (Å²) in [4.78, 5) is 22.8. The molecule has 0 bridgehead atoms. The summed E-state index contributed by atoms with van der Waals surface area (Å²) < 4.78 is 10.2. The van der Waals surface area contributed by atoms with E-state index in [1.807, 2.05) is 45.9 Å². The zero-order chi connectivity index (χ0) is 25.1. The van der Waals surface area contributed by atoms with Gasteiger partial charge in [-0.3, -0.25) is 4.79 Å². The van der Waals surface area contributed by atoms with Crippen molar-refractivity contribution in [2.24, 2.45) is 11.8 Å². The van der Waals surface area contributed by atoms with Crippen molar-refractivity contribution in [2.45, 2.75) is 34.6 Å². The minimum Gasteiger partial charge on any atom is -0.466 e. The maximum atomic E-state index is 12.7. The van der Waals surface area contributed by atoms with E-state index in [4.69, 9.17) is 4.74 Å². The number of esters is 2. The molecule has 0 radical (unpaired) electrons. The Kier molecular flexibility index (Phi) is 7.20. The third kappa shape index (κ3) is 5.07. The molecule has 4 heteroatoms. The summed E-state index contributed by atoms with van der Waals surface area (Å²) in [6.45, 7) is 10.5. The zero-order valence-electron chi connectivity index (χ0n) is 21.1. The number of rotatable bonds is 5. The van der Waals surface area contributed by atoms with Gasteiger partial charge in [-0.25, -0.2) is 4.79 Å². The first-order valence-electron chi connectivity index (χ1n) is 12.2. The lowest BCUT2D eigenvalue weighted by atomic mass is 9.88. The van der Waals surface area contributed by atoms with E-state index >= 15 is 0 Å². The van der Waals surface area contributed by atoms with Crippen molar-refractivity contribution < 1.29 is 19.1 Å². The van der Waals surface area contributed by atoms with Gasteiger partial charge in [-0.15, -0.1) is 0 Å². The van der Waals surface area contributed by atoms with Gasteiger partial charge < -0.3 is 9.47 Å². The minimum atomic E-state index is -0.246. The molecule has 0 N–H and O–H groups in total. The highest BCUT2D eigenvalue weighted by Crippen LogP contribution is 2.40. The van der Waals surface area contributed by atoms with Crippen LogP contribution in [-0.2, 0) is 14.3 Å². The second-order valence-corrected chi connectivity index (χ2v) is 9.79. The number of carbonyl (C=O) groups is 2. The Morgan fingerprint density at radius 2 is 1.11 bits per heavy atom. The van der Waals surface area contributed by atoms with Crippen molar-refractivity contribution in [1.29, 1.82) is 0 Å². The van der Waals surface area contributed by atoms with E-state index in [0.717, 1.165) is 10.8 Å². The molecule has 0 spiro atoms. The molecule has 0 unspecified atom stereocenters. The SMILES string of the molecule is CC(=O)OCC(C)C.CC(C)COC(=O)c1ccc2c3cccc4cccc(c5cccc1c52)c43. The predicted molar refractivity (Wildman–Crippen MR) is 144 cm³/mol. The Hall–Kier alpha value is -3.66. The van der Waals surface area contributed by atoms with Gasteiger partial charge in [0, 0.05) is 6.92 Å². The number of benzene rings is 5. The van der Waals surface area contributed by atoms with Crippen molar-refractivity contribution in [3.05, 3.63) is 72.3 Å². The topological polar surface area (TPSA) is 52.6 Å². The molecule has 0 aliphatic rings. The van der Waals surface area contributed by atoms with E-state index in [-0.39, 0.29) is 11.9 Å². The van der Waals surface area contributed by atoms with Gasteiger partial charge in [-0.2, -0.15) is 0 Å². The molecular formula is C31H32O4. The number of hydrogen-bond acceptors (Lipinski definition) is 4. The van der Waals surface area contributed by atoms with Crippen molar-refractivity contribution in [1.82, 2.24) is 0 Å². The van der Waals surface area contributed by atoms with Gasteiger partial charge in [0.2, 0.25) is 0 Å². The summed E-state index contributed by atoms with van der Waals surface area (Å²) in [6.07, 6.45) is 0. The molecule has 0 fully saturated rings. The van der Waals surface area contributed by atoms with Crippen molar-refractivity contribution in [3.63, 3.8) is 0 Å². The molecule has 0 saturated heterocycles. The Morgan fingerprint density at radius 3 is 1.66 bits per heavy atom. The average Bonchev–Trinajstić information content (AvgIpc) is 2.84. The Labute approximate surface area is 206 Å². The standard InChI is InChI=1S/C25H20O2.C6H12O2/c1-15(2)14-27-25(26)22-13-12-21-18-9-4-7-16-6-3-8-17(23(16)18)19-10-5-11-20(22)24(19)21;1-5(2)4-8-6(3)7/h3-13,15H,14H2,1-2H3;5H,4H2,1-3H3. The number of fused-ring (bicyclic) bond motifs is 2. The largest absolute Gasteiger partial charge is 0.466 e. The van der Waals surface area contributed by atoms with Crippen LogP contribution in [0.5, 0.6) is 0 Å². The van der Waals surface area contributed by atoms with E-state index in [9.17, 15) is 9.59 Å². The first-order valence-corrected chi connectivity index (χ1v) is 12.2. The summed E-state index contributed by atoms with van der Waals surface area (Å²) in [5.74, 6) is 0.320. The second kappa shape index (κ2) is 10.3. The van der Waals surface area contributed by atoms with Crippen LogP contribution in [0.2, 0.25) is 0 Å². The monoisotopic (exact) mass is 468 g/mol. The van der Waals surface area contributed by atoms with Crippen LogP contribution in [-0.4, -0.2) is 25.2 Å². The number of ether oxygens (including phenoxy) is 2. The normalized spacial score (nSPS) is 11.4. The van der Waals surface area contributed by atoms with Gasteiger partial charge in [0.05, 0.1) is 18.8 Å². The maximum absolute atomic E-state index is 12.7. The van der Waals surface area contributed by atoms with Crippen LogP contribution in [0.4, 0.5) is 0 Å². The van der Waals surface area contributed by atoms with Gasteiger partial charge in [0.1, 0.15) is 0 Å². The molecule has 5 aromatic rings. The van der Waals surface area contributed by atoms with Crippen LogP contribution < -0.4 is 0 Å². The van der Waals surface area contributed by atoms with Crippen molar-refractivity contribution >= 4 is 55.0 Å². The smallest absolute Gasteiger partial charge is 0.338 e. The molecule has 5 aromatic carbocycles. The van der Waals surface area contributed by atoms with Crippen LogP contribution in [0.3, 0.4) is 0 Å². The molecule has 0 heterocycles. The number of carbonyl (C=O) groups excluding carboxylic acids is 2. The Balaban J connectivity index is 0.000000314. The lowest BCUT2D eigenvalue weighted by molar-refractivity contribution is -0.141. The summed E-state index contributed by atoms with van der Waals surface area (Å²) >= 11 is 0.